The van der Waals surface area contributed by atoms with Crippen LogP contribution in [-0.2, 0) is 10.3 Å². The number of ether oxygens (including phenoxy) is 1. The van der Waals surface area contributed by atoms with Gasteiger partial charge in [-0.3, -0.25) is 0 Å². The predicted molar refractivity (Wildman–Crippen MR) is 88.0 cm³/mol. The first-order valence-electron chi connectivity index (χ1n) is 8.50. The molecule has 1 aliphatic heterocycles. The molecule has 1 aromatic rings. The van der Waals surface area contributed by atoms with Gasteiger partial charge < -0.3 is 20.5 Å². The zero-order valence-electron chi connectivity index (χ0n) is 13.6. The lowest BCUT2D eigenvalue weighted by Crippen LogP contribution is -2.51. The second kappa shape index (κ2) is 6.89. The molecule has 2 fully saturated rings. The third kappa shape index (κ3) is 3.85. The fourth-order valence-corrected chi connectivity index (χ4v) is 3.73. The van der Waals surface area contributed by atoms with E-state index in [1.54, 1.807) is 6.92 Å². The number of hydrogen-bond donors (Lipinski definition) is 3. The van der Waals surface area contributed by atoms with Gasteiger partial charge in [-0.05, 0) is 38.2 Å². The number of benzene rings is 1. The molecule has 2 aliphatic rings. The Hall–Kier alpha value is -1.59. The van der Waals surface area contributed by atoms with Gasteiger partial charge in [-0.2, -0.15) is 0 Å². The molecule has 0 radical (unpaired) electrons. The molecule has 23 heavy (non-hydrogen) atoms. The average Bonchev–Trinajstić information content (AvgIpc) is 3.04. The molecule has 0 aromatic heterocycles. The largest absolute Gasteiger partial charge is 0.384 e. The molecular weight excluding hydrogens is 292 g/mol. The van der Waals surface area contributed by atoms with Crippen molar-refractivity contribution >= 4 is 6.03 Å². The van der Waals surface area contributed by atoms with E-state index in [0.29, 0.717) is 12.0 Å². The number of urea groups is 1. The maximum absolute atomic E-state index is 12.2. The first kappa shape index (κ1) is 16.3. The Balaban J connectivity index is 1.51. The summed E-state index contributed by atoms with van der Waals surface area (Å²) in [6.07, 6.45) is 4.53. The lowest BCUT2D eigenvalue weighted by atomic mass is 9.82. The van der Waals surface area contributed by atoms with Crippen molar-refractivity contribution in [1.82, 2.24) is 10.6 Å². The molecule has 126 valence electrons. The second-order valence-electron chi connectivity index (χ2n) is 6.87. The van der Waals surface area contributed by atoms with E-state index in [0.717, 1.165) is 37.9 Å². The summed E-state index contributed by atoms with van der Waals surface area (Å²) in [5, 5.41) is 16.4. The van der Waals surface area contributed by atoms with E-state index in [-0.39, 0.29) is 18.6 Å². The van der Waals surface area contributed by atoms with Gasteiger partial charge in [0, 0.05) is 18.6 Å². The van der Waals surface area contributed by atoms with Crippen molar-refractivity contribution in [2.45, 2.75) is 50.4 Å². The maximum Gasteiger partial charge on any atom is 0.315 e. The minimum absolute atomic E-state index is 0.179. The number of carbonyl (C=O) groups is 1. The third-order valence-corrected chi connectivity index (χ3v) is 5.09. The van der Waals surface area contributed by atoms with E-state index in [2.05, 4.69) is 10.6 Å². The smallest absolute Gasteiger partial charge is 0.315 e. The molecule has 2 amide bonds. The number of aliphatic hydroxyl groups is 1. The molecule has 3 N–H and O–H groups in total. The van der Waals surface area contributed by atoms with Crippen molar-refractivity contribution in [1.29, 1.82) is 0 Å². The lowest BCUT2D eigenvalue weighted by Gasteiger charge is -2.33. The molecular formula is C18H26N2O3. The zero-order valence-corrected chi connectivity index (χ0v) is 13.6. The highest BCUT2D eigenvalue weighted by Gasteiger charge is 2.38. The summed E-state index contributed by atoms with van der Waals surface area (Å²) in [7, 11) is 0. The topological polar surface area (TPSA) is 70.6 Å². The van der Waals surface area contributed by atoms with Crippen molar-refractivity contribution < 1.29 is 14.6 Å². The summed E-state index contributed by atoms with van der Waals surface area (Å²) in [5.41, 5.74) is -0.285. The molecule has 4 atom stereocenters. The van der Waals surface area contributed by atoms with Crippen LogP contribution in [0.1, 0.15) is 38.2 Å². The summed E-state index contributed by atoms with van der Waals surface area (Å²) in [6, 6.07) is 9.36. The quantitative estimate of drug-likeness (QED) is 0.796. The number of carbonyl (C=O) groups excluding carboxylic acids is 1. The van der Waals surface area contributed by atoms with Gasteiger partial charge >= 0.3 is 6.03 Å². The first-order chi connectivity index (χ1) is 11.1. The van der Waals surface area contributed by atoms with Crippen LogP contribution >= 0.6 is 0 Å². The van der Waals surface area contributed by atoms with Gasteiger partial charge in [0.25, 0.3) is 0 Å². The number of amides is 2. The summed E-state index contributed by atoms with van der Waals surface area (Å²) >= 11 is 0. The zero-order chi connectivity index (χ0) is 16.3. The standard InChI is InChI=1S/C18H26N2O3/c1-18(22,13-6-3-2-4-7-13)12-19-17(21)20-15-8-5-9-16-14(15)10-11-23-16/h2-4,6-7,14-16,22H,5,8-12H2,1H3,(H2,19,20,21). The van der Waals surface area contributed by atoms with Crippen molar-refractivity contribution in [3.63, 3.8) is 0 Å². The number of rotatable bonds is 4. The van der Waals surface area contributed by atoms with Crippen molar-refractivity contribution in [3.8, 4) is 0 Å². The molecule has 1 saturated carbocycles. The molecule has 5 nitrogen and oxygen atoms in total. The summed E-state index contributed by atoms with van der Waals surface area (Å²) < 4.78 is 5.73. The van der Waals surface area contributed by atoms with Crippen LogP contribution in [0, 0.1) is 5.92 Å². The van der Waals surface area contributed by atoms with Gasteiger partial charge in [-0.15, -0.1) is 0 Å². The van der Waals surface area contributed by atoms with Gasteiger partial charge in [-0.25, -0.2) is 4.79 Å². The average molecular weight is 318 g/mol. The fraction of sp³-hybridized carbons (Fsp3) is 0.611. The highest BCUT2D eigenvalue weighted by atomic mass is 16.5. The Morgan fingerprint density at radius 1 is 1.30 bits per heavy atom. The molecule has 5 heteroatoms. The van der Waals surface area contributed by atoms with Crippen LogP contribution in [0.2, 0.25) is 0 Å². The van der Waals surface area contributed by atoms with Crippen LogP contribution in [0.3, 0.4) is 0 Å². The normalized spacial score (nSPS) is 29.4. The Labute approximate surface area is 137 Å². The van der Waals surface area contributed by atoms with E-state index in [9.17, 15) is 9.90 Å². The van der Waals surface area contributed by atoms with E-state index in [4.69, 9.17) is 4.74 Å². The highest BCUT2D eigenvalue weighted by Crippen LogP contribution is 2.34. The van der Waals surface area contributed by atoms with Crippen LogP contribution in [0.25, 0.3) is 0 Å². The van der Waals surface area contributed by atoms with Crippen LogP contribution in [-0.4, -0.2) is 36.4 Å². The van der Waals surface area contributed by atoms with Gasteiger partial charge in [0.2, 0.25) is 0 Å². The van der Waals surface area contributed by atoms with Gasteiger partial charge in [-0.1, -0.05) is 30.3 Å². The van der Waals surface area contributed by atoms with Gasteiger partial charge in [0.05, 0.1) is 12.6 Å². The Morgan fingerprint density at radius 2 is 2.09 bits per heavy atom. The van der Waals surface area contributed by atoms with Crippen molar-refractivity contribution in [2.24, 2.45) is 5.92 Å². The minimum Gasteiger partial charge on any atom is -0.384 e. The minimum atomic E-state index is -1.08. The molecule has 0 spiro atoms. The van der Waals surface area contributed by atoms with Crippen LogP contribution in [0.15, 0.2) is 30.3 Å². The van der Waals surface area contributed by atoms with Crippen molar-refractivity contribution in [3.05, 3.63) is 35.9 Å². The summed E-state index contributed by atoms with van der Waals surface area (Å²) in [5.74, 6) is 0.434. The van der Waals surface area contributed by atoms with E-state index < -0.39 is 5.60 Å². The van der Waals surface area contributed by atoms with E-state index in [1.165, 1.54) is 0 Å². The van der Waals surface area contributed by atoms with Crippen LogP contribution < -0.4 is 10.6 Å². The molecule has 1 aliphatic carbocycles. The van der Waals surface area contributed by atoms with E-state index in [1.807, 2.05) is 30.3 Å². The van der Waals surface area contributed by atoms with Gasteiger partial charge in [0.1, 0.15) is 5.60 Å². The molecule has 3 rings (SSSR count). The van der Waals surface area contributed by atoms with E-state index >= 15 is 0 Å². The Bertz CT molecular complexity index is 532. The highest BCUT2D eigenvalue weighted by molar-refractivity contribution is 5.74. The number of hydrogen-bond acceptors (Lipinski definition) is 3. The maximum atomic E-state index is 12.2. The summed E-state index contributed by atoms with van der Waals surface area (Å²) in [4.78, 5) is 12.2. The molecule has 1 saturated heterocycles. The molecule has 1 heterocycles. The molecule has 1 aromatic carbocycles. The third-order valence-electron chi connectivity index (χ3n) is 5.09. The van der Waals surface area contributed by atoms with Crippen molar-refractivity contribution in [2.75, 3.05) is 13.2 Å². The lowest BCUT2D eigenvalue weighted by molar-refractivity contribution is 0.0518. The van der Waals surface area contributed by atoms with Gasteiger partial charge in [0.15, 0.2) is 0 Å². The summed E-state index contributed by atoms with van der Waals surface area (Å²) in [6.45, 7) is 2.70. The first-order valence-corrected chi connectivity index (χ1v) is 8.50. The van der Waals surface area contributed by atoms with Crippen LogP contribution in [0.5, 0.6) is 0 Å². The molecule has 0 bridgehead atoms. The number of nitrogens with one attached hydrogen (secondary N) is 2. The second-order valence-corrected chi connectivity index (χ2v) is 6.87. The molecule has 4 unspecified atom stereocenters. The SMILES string of the molecule is CC(O)(CNC(=O)NC1CCCC2OCCC12)c1ccccc1. The predicted octanol–water partition coefficient (Wildman–Crippen LogP) is 2.15. The number of fused-ring (bicyclic) bond motifs is 1. The van der Waals surface area contributed by atoms with Crippen LogP contribution in [0.4, 0.5) is 4.79 Å². The fourth-order valence-electron chi connectivity index (χ4n) is 3.73. The Morgan fingerprint density at radius 3 is 2.87 bits per heavy atom. The monoisotopic (exact) mass is 318 g/mol. The Kier molecular flexibility index (Phi) is 4.87.